The third-order valence-corrected chi connectivity index (χ3v) is 12.2. The minimum Gasteiger partial charge on any atom is -0.450 e. The molecule has 0 aliphatic carbocycles. The summed E-state index contributed by atoms with van der Waals surface area (Å²) >= 11 is 0. The molecule has 0 atom stereocenters. The number of benzene rings is 8. The molecule has 0 N–H and O–H groups in total. The molecule has 0 aliphatic rings. The second-order valence-corrected chi connectivity index (χ2v) is 14.9. The number of hydrogen-bond donors (Lipinski definition) is 0. The van der Waals surface area contributed by atoms with E-state index in [9.17, 15) is 0 Å². The van der Waals surface area contributed by atoms with Crippen molar-refractivity contribution in [3.8, 4) is 11.8 Å². The maximum Gasteiger partial charge on any atom is 0.237 e. The summed E-state index contributed by atoms with van der Waals surface area (Å²) in [6, 6.07) is 58.5. The first-order valence-corrected chi connectivity index (χ1v) is 19.0. The van der Waals surface area contributed by atoms with Crippen molar-refractivity contribution >= 4 is 115 Å². The Labute approximate surface area is 317 Å². The zero-order chi connectivity index (χ0) is 36.2. The fourth-order valence-corrected chi connectivity index (χ4v) is 9.93. The number of rotatable bonds is 2. The molecule has 258 valence electrons. The molecule has 6 aromatic heterocycles. The average molecular weight is 714 g/mol. The van der Waals surface area contributed by atoms with Crippen LogP contribution in [0.2, 0.25) is 0 Å². The van der Waals surface area contributed by atoms with Crippen LogP contribution >= 0.6 is 0 Å². The van der Waals surface area contributed by atoms with E-state index in [1.165, 1.54) is 43.5 Å². The molecule has 14 aromatic rings. The van der Waals surface area contributed by atoms with E-state index in [4.69, 9.17) is 14.4 Å². The van der Waals surface area contributed by atoms with Gasteiger partial charge in [0.25, 0.3) is 0 Å². The molecular weight excluding hydrogens is 687 g/mol. The van der Waals surface area contributed by atoms with Crippen molar-refractivity contribution in [3.05, 3.63) is 164 Å². The van der Waals surface area contributed by atoms with E-state index in [2.05, 4.69) is 165 Å². The van der Waals surface area contributed by atoms with E-state index in [0.29, 0.717) is 17.3 Å². The van der Waals surface area contributed by atoms with Gasteiger partial charge in [-0.25, -0.2) is 4.98 Å². The Balaban J connectivity index is 1.26. The standard InChI is InChI=1S/C50H27N5O/c1-2-14-29-28(13-1)25-26-33-37-27-36-32-17-5-8-20-38(32)53-41-23-11-6-18-34(41)43(46(36)53)47(37)55(45(29)33)50-51-44-35-19-7-12-24-42(35)56-48(44)49(52-50)54-39-21-9-3-15-30(39)31-16-4-10-22-40(31)54/h1-27H. The third-order valence-electron chi connectivity index (χ3n) is 12.2. The van der Waals surface area contributed by atoms with Crippen LogP contribution in [0.3, 0.4) is 0 Å². The van der Waals surface area contributed by atoms with Crippen LogP contribution in [0.1, 0.15) is 0 Å². The highest BCUT2D eigenvalue weighted by Gasteiger charge is 2.28. The Morgan fingerprint density at radius 3 is 1.71 bits per heavy atom. The maximum absolute atomic E-state index is 6.76. The van der Waals surface area contributed by atoms with Crippen LogP contribution < -0.4 is 0 Å². The van der Waals surface area contributed by atoms with E-state index >= 15 is 0 Å². The summed E-state index contributed by atoms with van der Waals surface area (Å²) in [5.41, 5.74) is 10.1. The molecule has 0 amide bonds. The van der Waals surface area contributed by atoms with E-state index in [-0.39, 0.29) is 0 Å². The first kappa shape index (κ1) is 28.8. The van der Waals surface area contributed by atoms with Gasteiger partial charge in [0.1, 0.15) is 11.1 Å². The molecule has 0 saturated heterocycles. The molecule has 0 bridgehead atoms. The van der Waals surface area contributed by atoms with Gasteiger partial charge in [0.05, 0.1) is 38.6 Å². The molecule has 0 fully saturated rings. The van der Waals surface area contributed by atoms with Gasteiger partial charge < -0.3 is 8.82 Å². The van der Waals surface area contributed by atoms with Crippen molar-refractivity contribution in [3.63, 3.8) is 0 Å². The number of para-hydroxylation sites is 5. The van der Waals surface area contributed by atoms with Crippen molar-refractivity contribution in [2.75, 3.05) is 0 Å². The lowest BCUT2D eigenvalue weighted by Gasteiger charge is -2.13. The van der Waals surface area contributed by atoms with Crippen LogP contribution in [0.25, 0.3) is 126 Å². The van der Waals surface area contributed by atoms with Crippen molar-refractivity contribution in [1.29, 1.82) is 0 Å². The maximum atomic E-state index is 6.76. The van der Waals surface area contributed by atoms with Gasteiger partial charge in [-0.2, -0.15) is 4.98 Å². The summed E-state index contributed by atoms with van der Waals surface area (Å²) in [6.45, 7) is 0. The summed E-state index contributed by atoms with van der Waals surface area (Å²) in [6.07, 6.45) is 0. The zero-order valence-corrected chi connectivity index (χ0v) is 29.7. The quantitative estimate of drug-likeness (QED) is 0.179. The minimum atomic E-state index is 0.597. The Bertz CT molecular complexity index is 3960. The highest BCUT2D eigenvalue weighted by Crippen LogP contribution is 2.48. The van der Waals surface area contributed by atoms with Crippen molar-refractivity contribution < 1.29 is 4.42 Å². The number of furan rings is 1. The molecule has 0 spiro atoms. The highest BCUT2D eigenvalue weighted by atomic mass is 16.3. The monoisotopic (exact) mass is 713 g/mol. The molecule has 0 radical (unpaired) electrons. The number of hydrogen-bond acceptors (Lipinski definition) is 3. The molecule has 56 heavy (non-hydrogen) atoms. The van der Waals surface area contributed by atoms with Gasteiger partial charge in [-0.15, -0.1) is 0 Å². The molecule has 14 rings (SSSR count). The van der Waals surface area contributed by atoms with Crippen LogP contribution in [0.4, 0.5) is 0 Å². The summed E-state index contributed by atoms with van der Waals surface area (Å²) in [4.78, 5) is 11.2. The summed E-state index contributed by atoms with van der Waals surface area (Å²) in [7, 11) is 0. The van der Waals surface area contributed by atoms with Gasteiger partial charge in [0, 0.05) is 53.9 Å². The first-order valence-electron chi connectivity index (χ1n) is 19.0. The molecule has 0 saturated carbocycles. The zero-order valence-electron chi connectivity index (χ0n) is 29.7. The Hall–Kier alpha value is -7.70. The molecule has 6 nitrogen and oxygen atoms in total. The molecule has 6 heterocycles. The third kappa shape index (κ3) is 3.39. The number of fused-ring (bicyclic) bond motifs is 18. The fraction of sp³-hybridized carbons (Fsp3) is 0. The summed E-state index contributed by atoms with van der Waals surface area (Å²) < 4.78 is 13.8. The van der Waals surface area contributed by atoms with Crippen LogP contribution in [-0.2, 0) is 0 Å². The highest BCUT2D eigenvalue weighted by molar-refractivity contribution is 6.35. The van der Waals surface area contributed by atoms with Crippen LogP contribution in [0, 0.1) is 0 Å². The summed E-state index contributed by atoms with van der Waals surface area (Å²) in [5.74, 6) is 1.31. The van der Waals surface area contributed by atoms with Crippen LogP contribution in [-0.4, -0.2) is 23.5 Å². The van der Waals surface area contributed by atoms with Crippen molar-refractivity contribution in [2.24, 2.45) is 0 Å². The topological polar surface area (TPSA) is 53.2 Å². The fourth-order valence-electron chi connectivity index (χ4n) is 9.93. The van der Waals surface area contributed by atoms with Gasteiger partial charge in [0.2, 0.25) is 5.95 Å². The lowest BCUT2D eigenvalue weighted by atomic mass is 10.0. The molecule has 8 aromatic carbocycles. The van der Waals surface area contributed by atoms with Crippen molar-refractivity contribution in [1.82, 2.24) is 23.5 Å². The van der Waals surface area contributed by atoms with Crippen LogP contribution in [0.5, 0.6) is 0 Å². The van der Waals surface area contributed by atoms with Gasteiger partial charge in [-0.1, -0.05) is 121 Å². The van der Waals surface area contributed by atoms with E-state index in [1.54, 1.807) is 0 Å². The second kappa shape index (κ2) is 10.1. The molecule has 0 unspecified atom stereocenters. The van der Waals surface area contributed by atoms with Crippen LogP contribution in [0.15, 0.2) is 168 Å². The Morgan fingerprint density at radius 1 is 0.393 bits per heavy atom. The van der Waals surface area contributed by atoms with E-state index < -0.39 is 0 Å². The Morgan fingerprint density at radius 2 is 0.964 bits per heavy atom. The van der Waals surface area contributed by atoms with Gasteiger partial charge in [0.15, 0.2) is 11.4 Å². The largest absolute Gasteiger partial charge is 0.450 e. The minimum absolute atomic E-state index is 0.597. The number of aromatic nitrogens is 5. The SMILES string of the molecule is c1ccc2c(c1)ccc1c3cc4c5ccccc5n5c6ccccc6c(c3n(-c3nc(-n6c7ccccc7c7ccccc76)c6oc7ccccc7c6n3)c21)c45. The summed E-state index contributed by atoms with van der Waals surface area (Å²) in [5, 5.41) is 12.8. The predicted octanol–water partition coefficient (Wildman–Crippen LogP) is 12.9. The molecular formula is C50H27N5O. The van der Waals surface area contributed by atoms with Gasteiger partial charge >= 0.3 is 0 Å². The second-order valence-electron chi connectivity index (χ2n) is 14.9. The Kier molecular flexibility index (Phi) is 5.18. The average Bonchev–Trinajstić information content (AvgIpc) is 4.05. The predicted molar refractivity (Wildman–Crippen MR) is 230 cm³/mol. The molecule has 6 heteroatoms. The van der Waals surface area contributed by atoms with Gasteiger partial charge in [-0.05, 0) is 47.9 Å². The normalized spacial score (nSPS) is 12.6. The van der Waals surface area contributed by atoms with E-state index in [1.807, 2.05) is 12.1 Å². The van der Waals surface area contributed by atoms with Gasteiger partial charge in [-0.3, -0.25) is 9.13 Å². The molecule has 0 aliphatic heterocycles. The van der Waals surface area contributed by atoms with Crippen molar-refractivity contribution in [2.45, 2.75) is 0 Å². The lowest BCUT2D eigenvalue weighted by molar-refractivity contribution is 0.661. The first-order chi connectivity index (χ1) is 27.8. The number of nitrogens with zero attached hydrogens (tertiary/aromatic N) is 5. The lowest BCUT2D eigenvalue weighted by Crippen LogP contribution is -2.07. The smallest absolute Gasteiger partial charge is 0.237 e. The van der Waals surface area contributed by atoms with E-state index in [0.717, 1.165) is 65.5 Å².